The van der Waals surface area contributed by atoms with Crippen LogP contribution in [0.1, 0.15) is 43.1 Å². The molecule has 3 heteroatoms. The molecule has 2 aliphatic heterocycles. The minimum Gasteiger partial charge on any atom is -0.335 e. The number of aromatic nitrogens is 2. The average molecular weight is 205 g/mol. The van der Waals surface area contributed by atoms with Gasteiger partial charge in [-0.05, 0) is 38.8 Å². The van der Waals surface area contributed by atoms with Crippen molar-refractivity contribution in [2.45, 2.75) is 44.6 Å². The molecule has 3 rings (SSSR count). The van der Waals surface area contributed by atoms with Crippen molar-refractivity contribution in [2.75, 3.05) is 13.1 Å². The van der Waals surface area contributed by atoms with E-state index in [0.29, 0.717) is 5.92 Å². The molecule has 3 heterocycles. The lowest BCUT2D eigenvalue weighted by atomic mass is 9.95. The quantitative estimate of drug-likeness (QED) is 0.756. The van der Waals surface area contributed by atoms with E-state index in [4.69, 9.17) is 4.98 Å². The zero-order valence-corrected chi connectivity index (χ0v) is 9.21. The minimum absolute atomic E-state index is 0.712. The number of piperidine rings is 1. The molecule has 82 valence electrons. The molecule has 3 nitrogen and oxygen atoms in total. The molecule has 0 radical (unpaired) electrons. The van der Waals surface area contributed by atoms with E-state index in [0.717, 1.165) is 13.1 Å². The van der Waals surface area contributed by atoms with E-state index >= 15 is 0 Å². The molecule has 2 aliphatic rings. The molecule has 0 saturated carbocycles. The number of nitrogens with zero attached hydrogens (tertiary/aromatic N) is 2. The summed E-state index contributed by atoms with van der Waals surface area (Å²) in [6, 6.07) is 0. The third-order valence-corrected chi connectivity index (χ3v) is 3.68. The van der Waals surface area contributed by atoms with E-state index in [2.05, 4.69) is 16.1 Å². The SMILES string of the molecule is c1c(C2CCNCC2)nc2n1CCCC2. The smallest absolute Gasteiger partial charge is 0.108 e. The Morgan fingerprint density at radius 3 is 2.93 bits per heavy atom. The molecule has 1 aromatic heterocycles. The van der Waals surface area contributed by atoms with Gasteiger partial charge in [0.1, 0.15) is 5.82 Å². The van der Waals surface area contributed by atoms with E-state index < -0.39 is 0 Å². The Morgan fingerprint density at radius 2 is 2.13 bits per heavy atom. The number of nitrogens with one attached hydrogen (secondary N) is 1. The summed E-state index contributed by atoms with van der Waals surface area (Å²) >= 11 is 0. The Kier molecular flexibility index (Phi) is 2.49. The van der Waals surface area contributed by atoms with Crippen LogP contribution in [0.2, 0.25) is 0 Å². The third-order valence-electron chi connectivity index (χ3n) is 3.68. The number of rotatable bonds is 1. The summed E-state index contributed by atoms with van der Waals surface area (Å²) in [6.45, 7) is 3.51. The molecular weight excluding hydrogens is 186 g/mol. The number of aryl methyl sites for hydroxylation is 2. The molecule has 1 N–H and O–H groups in total. The van der Waals surface area contributed by atoms with Gasteiger partial charge in [-0.1, -0.05) is 0 Å². The largest absolute Gasteiger partial charge is 0.335 e. The summed E-state index contributed by atoms with van der Waals surface area (Å²) in [7, 11) is 0. The van der Waals surface area contributed by atoms with Crippen LogP contribution in [0.25, 0.3) is 0 Å². The Morgan fingerprint density at radius 1 is 1.27 bits per heavy atom. The van der Waals surface area contributed by atoms with Gasteiger partial charge in [-0.25, -0.2) is 4.98 Å². The average Bonchev–Trinajstić information content (AvgIpc) is 2.74. The van der Waals surface area contributed by atoms with Crippen molar-refractivity contribution >= 4 is 0 Å². The van der Waals surface area contributed by atoms with Gasteiger partial charge in [0.2, 0.25) is 0 Å². The molecule has 0 amide bonds. The van der Waals surface area contributed by atoms with Gasteiger partial charge in [-0.2, -0.15) is 0 Å². The highest BCUT2D eigenvalue weighted by Crippen LogP contribution is 2.26. The molecule has 0 atom stereocenters. The second-order valence-electron chi connectivity index (χ2n) is 4.76. The molecule has 0 spiro atoms. The number of fused-ring (bicyclic) bond motifs is 1. The molecule has 1 saturated heterocycles. The maximum Gasteiger partial charge on any atom is 0.108 e. The van der Waals surface area contributed by atoms with Crippen molar-refractivity contribution in [1.82, 2.24) is 14.9 Å². The van der Waals surface area contributed by atoms with Crippen LogP contribution in [0, 0.1) is 0 Å². The lowest BCUT2D eigenvalue weighted by Crippen LogP contribution is -2.26. The second-order valence-corrected chi connectivity index (χ2v) is 4.76. The van der Waals surface area contributed by atoms with Crippen molar-refractivity contribution in [3.8, 4) is 0 Å². The number of hydrogen-bond donors (Lipinski definition) is 1. The van der Waals surface area contributed by atoms with Crippen LogP contribution in [0.15, 0.2) is 6.20 Å². The van der Waals surface area contributed by atoms with E-state index in [1.807, 2.05) is 0 Å². The topological polar surface area (TPSA) is 29.9 Å². The standard InChI is InChI=1S/C12H19N3/c1-2-8-15-9-11(14-12(15)3-1)10-4-6-13-7-5-10/h9-10,13H,1-8H2. The molecule has 0 bridgehead atoms. The van der Waals surface area contributed by atoms with Crippen LogP contribution in [0.4, 0.5) is 0 Å². The van der Waals surface area contributed by atoms with Crippen LogP contribution < -0.4 is 5.32 Å². The summed E-state index contributed by atoms with van der Waals surface area (Å²) in [4.78, 5) is 4.81. The van der Waals surface area contributed by atoms with E-state index in [1.165, 1.54) is 50.2 Å². The first-order chi connectivity index (χ1) is 7.43. The number of imidazole rings is 1. The van der Waals surface area contributed by atoms with Crippen molar-refractivity contribution in [3.63, 3.8) is 0 Å². The zero-order valence-electron chi connectivity index (χ0n) is 9.21. The molecular formula is C12H19N3. The van der Waals surface area contributed by atoms with Crippen LogP contribution in [0.5, 0.6) is 0 Å². The Labute approximate surface area is 90.9 Å². The van der Waals surface area contributed by atoms with Gasteiger partial charge in [0.15, 0.2) is 0 Å². The molecule has 0 unspecified atom stereocenters. The predicted octanol–water partition coefficient (Wildman–Crippen LogP) is 1.69. The lowest BCUT2D eigenvalue weighted by Gasteiger charge is -2.20. The monoisotopic (exact) mass is 205 g/mol. The molecule has 15 heavy (non-hydrogen) atoms. The first-order valence-corrected chi connectivity index (χ1v) is 6.20. The van der Waals surface area contributed by atoms with Crippen LogP contribution in [0.3, 0.4) is 0 Å². The van der Waals surface area contributed by atoms with Gasteiger partial charge >= 0.3 is 0 Å². The molecule has 0 aromatic carbocycles. The second kappa shape index (κ2) is 3.97. The van der Waals surface area contributed by atoms with Crippen molar-refractivity contribution in [2.24, 2.45) is 0 Å². The zero-order chi connectivity index (χ0) is 10.1. The summed E-state index contributed by atoms with van der Waals surface area (Å²) in [5, 5.41) is 3.41. The first-order valence-electron chi connectivity index (χ1n) is 6.20. The maximum absolute atomic E-state index is 4.81. The van der Waals surface area contributed by atoms with Gasteiger partial charge in [-0.3, -0.25) is 0 Å². The highest BCUT2D eigenvalue weighted by atomic mass is 15.1. The van der Waals surface area contributed by atoms with Gasteiger partial charge in [0, 0.05) is 25.1 Å². The fourth-order valence-electron chi connectivity index (χ4n) is 2.75. The van der Waals surface area contributed by atoms with E-state index in [9.17, 15) is 0 Å². The third kappa shape index (κ3) is 1.81. The van der Waals surface area contributed by atoms with Crippen LogP contribution in [-0.2, 0) is 13.0 Å². The van der Waals surface area contributed by atoms with E-state index in [1.54, 1.807) is 0 Å². The van der Waals surface area contributed by atoms with Crippen molar-refractivity contribution < 1.29 is 0 Å². The van der Waals surface area contributed by atoms with Gasteiger partial charge in [0.25, 0.3) is 0 Å². The number of hydrogen-bond acceptors (Lipinski definition) is 2. The fraction of sp³-hybridized carbons (Fsp3) is 0.750. The highest BCUT2D eigenvalue weighted by Gasteiger charge is 2.20. The molecule has 0 aliphatic carbocycles. The van der Waals surface area contributed by atoms with Crippen LogP contribution >= 0.6 is 0 Å². The Bertz CT molecular complexity index is 313. The summed E-state index contributed by atoms with van der Waals surface area (Å²) < 4.78 is 2.38. The molecule has 1 fully saturated rings. The lowest BCUT2D eigenvalue weighted by molar-refractivity contribution is 0.454. The fourth-order valence-corrected chi connectivity index (χ4v) is 2.75. The summed E-state index contributed by atoms with van der Waals surface area (Å²) in [6.07, 6.45) is 8.67. The highest BCUT2D eigenvalue weighted by molar-refractivity contribution is 5.12. The van der Waals surface area contributed by atoms with Gasteiger partial charge in [0.05, 0.1) is 5.69 Å². The summed E-state index contributed by atoms with van der Waals surface area (Å²) in [5.74, 6) is 2.04. The van der Waals surface area contributed by atoms with Crippen molar-refractivity contribution in [3.05, 3.63) is 17.7 Å². The van der Waals surface area contributed by atoms with Crippen molar-refractivity contribution in [1.29, 1.82) is 0 Å². The maximum atomic E-state index is 4.81. The molecule has 1 aromatic rings. The summed E-state index contributed by atoms with van der Waals surface area (Å²) in [5.41, 5.74) is 1.36. The normalized spacial score (nSPS) is 22.7. The first kappa shape index (κ1) is 9.40. The Balaban J connectivity index is 1.82. The minimum atomic E-state index is 0.712. The van der Waals surface area contributed by atoms with Gasteiger partial charge in [-0.15, -0.1) is 0 Å². The Hall–Kier alpha value is -0.830. The van der Waals surface area contributed by atoms with E-state index in [-0.39, 0.29) is 0 Å². The van der Waals surface area contributed by atoms with Crippen LogP contribution in [-0.4, -0.2) is 22.6 Å². The van der Waals surface area contributed by atoms with Gasteiger partial charge < -0.3 is 9.88 Å². The predicted molar refractivity (Wildman–Crippen MR) is 60.0 cm³/mol.